The highest BCUT2D eigenvalue weighted by Crippen LogP contribution is 2.37. The molecule has 1 aromatic carbocycles. The van der Waals surface area contributed by atoms with E-state index in [1.165, 1.54) is 20.3 Å². The quantitative estimate of drug-likeness (QED) is 0.796. The van der Waals surface area contributed by atoms with E-state index in [9.17, 15) is 9.90 Å². The van der Waals surface area contributed by atoms with E-state index >= 15 is 0 Å². The summed E-state index contributed by atoms with van der Waals surface area (Å²) in [4.78, 5) is 12.8. The molecule has 0 heterocycles. The highest BCUT2D eigenvalue weighted by Gasteiger charge is 2.17. The first kappa shape index (κ1) is 14.1. The molecule has 0 saturated carbocycles. The van der Waals surface area contributed by atoms with Gasteiger partial charge in [0.15, 0.2) is 0 Å². The molecule has 1 rings (SSSR count). The number of likely N-dealkylation sites (N-methyl/N-ethyl adjacent to an activating group) is 1. The molecule has 0 bridgehead atoms. The minimum atomic E-state index is -0.0635. The number of carbonyl (C=O) groups excluding carboxylic acids is 1. The summed E-state index contributed by atoms with van der Waals surface area (Å²) in [7, 11) is 6.61. The fourth-order valence-electron chi connectivity index (χ4n) is 1.64. The number of methoxy groups -OCH3 is 2. The van der Waals surface area contributed by atoms with Crippen LogP contribution in [0.15, 0.2) is 12.1 Å². The Morgan fingerprint density at radius 3 is 2.44 bits per heavy atom. The van der Waals surface area contributed by atoms with Gasteiger partial charge in [-0.2, -0.15) is 0 Å². The maximum absolute atomic E-state index is 11.0. The molecule has 0 radical (unpaired) electrons. The third-order valence-corrected chi connectivity index (χ3v) is 2.41. The van der Waals surface area contributed by atoms with Crippen molar-refractivity contribution in [1.82, 2.24) is 4.90 Å². The second kappa shape index (κ2) is 6.10. The maximum atomic E-state index is 11.0. The number of phenols is 1. The zero-order valence-electron chi connectivity index (χ0n) is 11.0. The zero-order chi connectivity index (χ0) is 13.7. The van der Waals surface area contributed by atoms with E-state index in [1.807, 2.05) is 24.9 Å². The first-order valence-electron chi connectivity index (χ1n) is 5.37. The number of rotatable bonds is 5. The Labute approximate surface area is 106 Å². The van der Waals surface area contributed by atoms with Crippen molar-refractivity contribution in [2.45, 2.75) is 0 Å². The topological polar surface area (TPSA) is 59.0 Å². The van der Waals surface area contributed by atoms with Gasteiger partial charge < -0.3 is 19.5 Å². The van der Waals surface area contributed by atoms with Crippen molar-refractivity contribution in [1.29, 1.82) is 0 Å². The molecule has 0 aliphatic heterocycles. The van der Waals surface area contributed by atoms with Crippen molar-refractivity contribution < 1.29 is 19.4 Å². The minimum Gasteiger partial charge on any atom is -0.507 e. The molecule has 0 saturated heterocycles. The molecule has 18 heavy (non-hydrogen) atoms. The summed E-state index contributed by atoms with van der Waals surface area (Å²) in [5.41, 5.74) is 0.680. The maximum Gasteiger partial charge on any atom is 0.134 e. The number of ether oxygens (including phenoxy) is 2. The summed E-state index contributed by atoms with van der Waals surface area (Å²) in [6.45, 7) is 0.361. The smallest absolute Gasteiger partial charge is 0.134 e. The van der Waals surface area contributed by atoms with Crippen molar-refractivity contribution >= 4 is 11.5 Å². The molecule has 0 fully saturated rings. The number of benzene rings is 1. The molecule has 0 aliphatic rings. The van der Waals surface area contributed by atoms with E-state index in [-0.39, 0.29) is 5.75 Å². The predicted molar refractivity (Wildman–Crippen MR) is 68.9 cm³/mol. The van der Waals surface area contributed by atoms with E-state index in [1.54, 1.807) is 6.07 Å². The average molecular weight is 251 g/mol. The summed E-state index contributed by atoms with van der Waals surface area (Å²) in [6, 6.07) is 3.05. The Kier molecular flexibility index (Phi) is 4.77. The van der Waals surface area contributed by atoms with Crippen molar-refractivity contribution in [3.05, 3.63) is 17.7 Å². The SMILES string of the molecule is COc1cc(O)c(C(=C=O)CN(C)C)c(OC)c1. The Morgan fingerprint density at radius 2 is 2.00 bits per heavy atom. The molecule has 0 aromatic heterocycles. The predicted octanol–water partition coefficient (Wildman–Crippen LogP) is 1.19. The fourth-order valence-corrected chi connectivity index (χ4v) is 1.64. The minimum absolute atomic E-state index is 0.0635. The standard InChI is InChI=1S/C13H17NO4/c1-14(2)7-9(8-15)13-11(16)5-10(17-3)6-12(13)18-4/h5-6,16H,7H2,1-4H3. The first-order chi connectivity index (χ1) is 8.53. The molecule has 0 unspecified atom stereocenters. The van der Waals surface area contributed by atoms with Crippen molar-refractivity contribution in [2.24, 2.45) is 0 Å². The Hall–Kier alpha value is -1.97. The van der Waals surface area contributed by atoms with Gasteiger partial charge in [-0.1, -0.05) is 0 Å². The van der Waals surface area contributed by atoms with Crippen LogP contribution in [0.3, 0.4) is 0 Å². The Balaban J connectivity index is 3.34. The van der Waals surface area contributed by atoms with Gasteiger partial charge in [-0.05, 0) is 14.1 Å². The highest BCUT2D eigenvalue weighted by molar-refractivity contribution is 5.93. The summed E-state index contributed by atoms with van der Waals surface area (Å²) in [5.74, 6) is 2.63. The molecule has 0 spiro atoms. The average Bonchev–Trinajstić information content (AvgIpc) is 2.35. The molecule has 0 aliphatic carbocycles. The number of aromatic hydroxyl groups is 1. The van der Waals surface area contributed by atoms with Gasteiger partial charge in [-0.15, -0.1) is 0 Å². The van der Waals surface area contributed by atoms with Crippen LogP contribution in [0.25, 0.3) is 5.57 Å². The lowest BCUT2D eigenvalue weighted by molar-refractivity contribution is 0.382. The van der Waals surface area contributed by atoms with E-state index in [0.29, 0.717) is 29.2 Å². The van der Waals surface area contributed by atoms with Crippen molar-refractivity contribution in [3.8, 4) is 17.2 Å². The largest absolute Gasteiger partial charge is 0.507 e. The van der Waals surface area contributed by atoms with Crippen LogP contribution in [-0.2, 0) is 4.79 Å². The van der Waals surface area contributed by atoms with Crippen molar-refractivity contribution in [3.63, 3.8) is 0 Å². The van der Waals surface area contributed by atoms with E-state index in [4.69, 9.17) is 9.47 Å². The summed E-state index contributed by atoms with van der Waals surface area (Å²) in [5, 5.41) is 9.97. The molecular formula is C13H17NO4. The van der Waals surface area contributed by atoms with E-state index in [0.717, 1.165) is 0 Å². The second-order valence-electron chi connectivity index (χ2n) is 4.04. The van der Waals surface area contributed by atoms with Crippen LogP contribution in [0.2, 0.25) is 0 Å². The van der Waals surface area contributed by atoms with Gasteiger partial charge >= 0.3 is 0 Å². The van der Waals surface area contributed by atoms with E-state index < -0.39 is 0 Å². The number of phenolic OH excluding ortho intramolecular Hbond substituents is 1. The lowest BCUT2D eigenvalue weighted by atomic mass is 10.0. The molecular weight excluding hydrogens is 234 g/mol. The number of nitrogens with zero attached hydrogens (tertiary/aromatic N) is 1. The molecule has 5 heteroatoms. The van der Waals surface area contributed by atoms with Crippen molar-refractivity contribution in [2.75, 3.05) is 34.9 Å². The fraction of sp³-hybridized carbons (Fsp3) is 0.385. The van der Waals surface area contributed by atoms with Crippen LogP contribution in [0.1, 0.15) is 5.56 Å². The van der Waals surface area contributed by atoms with E-state index in [2.05, 4.69) is 0 Å². The zero-order valence-corrected chi connectivity index (χ0v) is 11.0. The summed E-state index contributed by atoms with van der Waals surface area (Å²) in [6.07, 6.45) is 0. The van der Waals surface area contributed by atoms with Gasteiger partial charge in [0.1, 0.15) is 23.2 Å². The van der Waals surface area contributed by atoms with Gasteiger partial charge in [0, 0.05) is 18.7 Å². The van der Waals surface area contributed by atoms with Gasteiger partial charge in [0.25, 0.3) is 0 Å². The number of hydrogen-bond donors (Lipinski definition) is 1. The molecule has 5 nitrogen and oxygen atoms in total. The molecule has 1 N–H and O–H groups in total. The van der Waals surface area contributed by atoms with Crippen LogP contribution < -0.4 is 9.47 Å². The highest BCUT2D eigenvalue weighted by atomic mass is 16.5. The summed E-state index contributed by atoms with van der Waals surface area (Å²) >= 11 is 0. The third kappa shape index (κ3) is 3.03. The molecule has 0 amide bonds. The van der Waals surface area contributed by atoms with Gasteiger partial charge in [-0.25, -0.2) is 4.79 Å². The second-order valence-corrected chi connectivity index (χ2v) is 4.04. The summed E-state index contributed by atoms with van der Waals surface area (Å²) < 4.78 is 10.2. The Bertz CT molecular complexity index is 476. The van der Waals surface area contributed by atoms with Gasteiger partial charge in [0.05, 0.1) is 25.4 Å². The third-order valence-electron chi connectivity index (χ3n) is 2.41. The lowest BCUT2D eigenvalue weighted by Gasteiger charge is -2.15. The first-order valence-corrected chi connectivity index (χ1v) is 5.37. The van der Waals surface area contributed by atoms with Crippen LogP contribution in [-0.4, -0.2) is 50.8 Å². The molecule has 1 aromatic rings. The van der Waals surface area contributed by atoms with Gasteiger partial charge in [0.2, 0.25) is 0 Å². The van der Waals surface area contributed by atoms with Crippen LogP contribution in [0.4, 0.5) is 0 Å². The normalized spacial score (nSPS) is 10.1. The monoisotopic (exact) mass is 251 g/mol. The number of hydrogen-bond acceptors (Lipinski definition) is 5. The van der Waals surface area contributed by atoms with Crippen LogP contribution in [0.5, 0.6) is 17.2 Å². The van der Waals surface area contributed by atoms with Gasteiger partial charge in [-0.3, -0.25) is 0 Å². The van der Waals surface area contributed by atoms with Crippen LogP contribution in [0, 0.1) is 0 Å². The lowest BCUT2D eigenvalue weighted by Crippen LogP contribution is -2.15. The Morgan fingerprint density at radius 1 is 1.33 bits per heavy atom. The molecule has 0 atom stereocenters. The molecule has 98 valence electrons. The van der Waals surface area contributed by atoms with Crippen LogP contribution >= 0.6 is 0 Å².